The second-order valence-corrected chi connectivity index (χ2v) is 4.37. The van der Waals surface area contributed by atoms with Crippen LogP contribution in [0.15, 0.2) is 0 Å². The summed E-state index contributed by atoms with van der Waals surface area (Å²) in [4.78, 5) is 22.6. The number of ether oxygens (including phenoxy) is 2. The third-order valence-electron chi connectivity index (χ3n) is 1.79. The Hall–Kier alpha value is -1.10. The van der Waals surface area contributed by atoms with Gasteiger partial charge in [0.25, 0.3) is 0 Å². The predicted molar refractivity (Wildman–Crippen MR) is 55.0 cm³/mol. The molecule has 2 atom stereocenters. The number of methoxy groups -OCH3 is 1. The van der Waals surface area contributed by atoms with E-state index in [1.54, 1.807) is 20.8 Å². The van der Waals surface area contributed by atoms with Crippen molar-refractivity contribution in [3.63, 3.8) is 0 Å². The second-order valence-electron chi connectivity index (χ2n) is 4.37. The fourth-order valence-electron chi connectivity index (χ4n) is 0.882. The average Bonchev–Trinajstić information content (AvgIpc) is 2.11. The van der Waals surface area contributed by atoms with E-state index in [2.05, 4.69) is 4.74 Å². The molecular formula is C10H19NO4. The molecule has 0 aliphatic rings. The molecule has 0 aromatic rings. The van der Waals surface area contributed by atoms with E-state index in [-0.39, 0.29) is 0 Å². The molecule has 0 aromatic carbocycles. The van der Waals surface area contributed by atoms with Crippen LogP contribution in [0.3, 0.4) is 0 Å². The van der Waals surface area contributed by atoms with Crippen molar-refractivity contribution < 1.29 is 19.1 Å². The van der Waals surface area contributed by atoms with Crippen LogP contribution >= 0.6 is 0 Å². The molecule has 15 heavy (non-hydrogen) atoms. The molecule has 0 bridgehead atoms. The Bertz CT molecular complexity index is 244. The Labute approximate surface area is 89.9 Å². The number of rotatable bonds is 3. The van der Waals surface area contributed by atoms with Gasteiger partial charge in [-0.15, -0.1) is 0 Å². The van der Waals surface area contributed by atoms with E-state index in [9.17, 15) is 9.59 Å². The number of nitrogens with two attached hydrogens (primary N) is 1. The summed E-state index contributed by atoms with van der Waals surface area (Å²) in [7, 11) is 1.23. The van der Waals surface area contributed by atoms with Crippen molar-refractivity contribution in [2.24, 2.45) is 11.7 Å². The Morgan fingerprint density at radius 1 is 1.20 bits per heavy atom. The van der Waals surface area contributed by atoms with Gasteiger partial charge in [0, 0.05) is 0 Å². The molecule has 5 nitrogen and oxygen atoms in total. The largest absolute Gasteiger partial charge is 0.468 e. The van der Waals surface area contributed by atoms with Gasteiger partial charge in [0.15, 0.2) is 0 Å². The van der Waals surface area contributed by atoms with Crippen molar-refractivity contribution in [1.82, 2.24) is 0 Å². The summed E-state index contributed by atoms with van der Waals surface area (Å²) in [5.41, 5.74) is 4.93. The minimum Gasteiger partial charge on any atom is -0.468 e. The normalized spacial score (nSPS) is 15.3. The minimum absolute atomic E-state index is 0.500. The summed E-state index contributed by atoms with van der Waals surface area (Å²) in [6.07, 6.45) is 0. The van der Waals surface area contributed by atoms with Gasteiger partial charge in [0.1, 0.15) is 11.6 Å². The van der Waals surface area contributed by atoms with Crippen LogP contribution in [0.1, 0.15) is 27.7 Å². The highest BCUT2D eigenvalue weighted by atomic mass is 16.6. The van der Waals surface area contributed by atoms with Crippen LogP contribution in [0.2, 0.25) is 0 Å². The number of esters is 2. The summed E-state index contributed by atoms with van der Waals surface area (Å²) in [6.45, 7) is 6.79. The Kier molecular flexibility index (Phi) is 4.74. The van der Waals surface area contributed by atoms with Crippen molar-refractivity contribution in [1.29, 1.82) is 0 Å². The van der Waals surface area contributed by atoms with Gasteiger partial charge < -0.3 is 15.2 Å². The van der Waals surface area contributed by atoms with Crippen LogP contribution in [-0.2, 0) is 19.1 Å². The zero-order valence-electron chi connectivity index (χ0n) is 9.87. The third kappa shape index (κ3) is 4.78. The highest BCUT2D eigenvalue weighted by Gasteiger charge is 2.31. The van der Waals surface area contributed by atoms with Crippen molar-refractivity contribution >= 4 is 11.9 Å². The van der Waals surface area contributed by atoms with Gasteiger partial charge in [-0.1, -0.05) is 0 Å². The maximum absolute atomic E-state index is 11.5. The molecule has 5 heteroatoms. The molecule has 0 fully saturated rings. The first kappa shape index (κ1) is 13.9. The van der Waals surface area contributed by atoms with E-state index in [4.69, 9.17) is 10.5 Å². The first-order valence-corrected chi connectivity index (χ1v) is 4.75. The first-order chi connectivity index (χ1) is 6.69. The van der Waals surface area contributed by atoms with Crippen molar-refractivity contribution in [3.05, 3.63) is 0 Å². The Morgan fingerprint density at radius 2 is 1.67 bits per heavy atom. The van der Waals surface area contributed by atoms with E-state index in [0.29, 0.717) is 0 Å². The van der Waals surface area contributed by atoms with Crippen LogP contribution < -0.4 is 5.73 Å². The average molecular weight is 217 g/mol. The number of carbonyl (C=O) groups excluding carboxylic acids is 2. The van der Waals surface area contributed by atoms with Gasteiger partial charge in [0.2, 0.25) is 0 Å². The first-order valence-electron chi connectivity index (χ1n) is 4.75. The second kappa shape index (κ2) is 5.11. The minimum atomic E-state index is -0.982. The third-order valence-corrected chi connectivity index (χ3v) is 1.79. The lowest BCUT2D eigenvalue weighted by Gasteiger charge is -2.24. The highest BCUT2D eigenvalue weighted by molar-refractivity contribution is 5.84. The molecule has 0 rings (SSSR count). The van der Waals surface area contributed by atoms with Crippen molar-refractivity contribution in [3.8, 4) is 0 Å². The Morgan fingerprint density at radius 3 is 2.00 bits per heavy atom. The molecule has 0 unspecified atom stereocenters. The van der Waals surface area contributed by atoms with Gasteiger partial charge in [-0.05, 0) is 27.7 Å². The summed E-state index contributed by atoms with van der Waals surface area (Å²) < 4.78 is 9.53. The fraction of sp³-hybridized carbons (Fsp3) is 0.800. The lowest BCUT2D eigenvalue weighted by Crippen LogP contribution is -2.43. The molecule has 0 saturated heterocycles. The molecule has 88 valence electrons. The molecule has 0 aromatic heterocycles. The Balaban J connectivity index is 4.39. The predicted octanol–water partition coefficient (Wildman–Crippen LogP) is 0.464. The molecule has 0 aliphatic carbocycles. The smallest absolute Gasteiger partial charge is 0.323 e. The van der Waals surface area contributed by atoms with E-state index in [1.165, 1.54) is 14.0 Å². The van der Waals surface area contributed by atoms with Crippen LogP contribution in [0.25, 0.3) is 0 Å². The van der Waals surface area contributed by atoms with E-state index in [1.807, 2.05) is 0 Å². The zero-order chi connectivity index (χ0) is 12.2. The standard InChI is InChI=1S/C10H19NO4/c1-6(7(11)9(13)14-5)8(12)15-10(2,3)4/h6-7H,11H2,1-5H3/t6-,7+/m1/s1. The summed E-state index contributed by atoms with van der Waals surface area (Å²) in [6, 6.07) is -0.982. The molecule has 0 spiro atoms. The summed E-state index contributed by atoms with van der Waals surface area (Å²) in [5.74, 6) is -1.83. The van der Waals surface area contributed by atoms with Crippen LogP contribution in [0.5, 0.6) is 0 Å². The molecular weight excluding hydrogens is 198 g/mol. The van der Waals surface area contributed by atoms with Gasteiger partial charge in [-0.25, -0.2) is 0 Å². The SMILES string of the molecule is COC(=O)[C@@H](N)[C@@H](C)C(=O)OC(C)(C)C. The number of hydrogen-bond acceptors (Lipinski definition) is 5. The maximum atomic E-state index is 11.5. The monoisotopic (exact) mass is 217 g/mol. The molecule has 0 radical (unpaired) electrons. The van der Waals surface area contributed by atoms with E-state index in [0.717, 1.165) is 0 Å². The lowest BCUT2D eigenvalue weighted by molar-refractivity contribution is -0.163. The quantitative estimate of drug-likeness (QED) is 0.695. The van der Waals surface area contributed by atoms with Gasteiger partial charge >= 0.3 is 11.9 Å². The summed E-state index contributed by atoms with van der Waals surface area (Å²) in [5, 5.41) is 0. The molecule has 2 N–H and O–H groups in total. The topological polar surface area (TPSA) is 78.6 Å². The molecule has 0 saturated carbocycles. The molecule has 0 aliphatic heterocycles. The molecule has 0 amide bonds. The van der Waals surface area contributed by atoms with Gasteiger partial charge in [0.05, 0.1) is 13.0 Å². The van der Waals surface area contributed by atoms with Crippen LogP contribution in [-0.4, -0.2) is 30.7 Å². The molecule has 0 heterocycles. The van der Waals surface area contributed by atoms with Crippen molar-refractivity contribution in [2.75, 3.05) is 7.11 Å². The summed E-state index contributed by atoms with van der Waals surface area (Å²) >= 11 is 0. The van der Waals surface area contributed by atoms with Crippen LogP contribution in [0.4, 0.5) is 0 Å². The van der Waals surface area contributed by atoms with E-state index < -0.39 is 29.5 Å². The number of carbonyl (C=O) groups is 2. The highest BCUT2D eigenvalue weighted by Crippen LogP contribution is 2.13. The fourth-order valence-corrected chi connectivity index (χ4v) is 0.882. The number of hydrogen-bond donors (Lipinski definition) is 1. The van der Waals surface area contributed by atoms with Gasteiger partial charge in [-0.2, -0.15) is 0 Å². The van der Waals surface area contributed by atoms with E-state index >= 15 is 0 Å². The lowest BCUT2D eigenvalue weighted by atomic mass is 10.0. The van der Waals surface area contributed by atoms with Crippen molar-refractivity contribution in [2.45, 2.75) is 39.3 Å². The van der Waals surface area contributed by atoms with Crippen LogP contribution in [0, 0.1) is 5.92 Å². The van der Waals surface area contributed by atoms with Gasteiger partial charge in [-0.3, -0.25) is 9.59 Å². The maximum Gasteiger partial charge on any atom is 0.323 e. The zero-order valence-corrected chi connectivity index (χ0v) is 9.87.